The topological polar surface area (TPSA) is 93.9 Å². The molecule has 0 radical (unpaired) electrons. The minimum absolute atomic E-state index is 0.159. The summed E-state index contributed by atoms with van der Waals surface area (Å²) in [7, 11) is 1.43. The summed E-state index contributed by atoms with van der Waals surface area (Å²) in [6, 6.07) is 11.3. The molecular formula is C24H30ClN3O4. The molecule has 0 spiro atoms. The van der Waals surface area contributed by atoms with Gasteiger partial charge in [0.1, 0.15) is 0 Å². The van der Waals surface area contributed by atoms with Crippen LogP contribution in [0, 0.1) is 5.92 Å². The van der Waals surface area contributed by atoms with Crippen molar-refractivity contribution in [1.29, 1.82) is 0 Å². The van der Waals surface area contributed by atoms with Gasteiger partial charge in [-0.1, -0.05) is 42.8 Å². The van der Waals surface area contributed by atoms with Crippen molar-refractivity contribution >= 4 is 23.4 Å². The second-order valence-corrected chi connectivity index (χ2v) is 8.61. The highest BCUT2D eigenvalue weighted by atomic mass is 35.5. The molecule has 2 aromatic rings. The molecule has 1 saturated heterocycles. The molecule has 1 aliphatic heterocycles. The van der Waals surface area contributed by atoms with Crippen molar-refractivity contribution in [3.63, 3.8) is 0 Å². The van der Waals surface area contributed by atoms with Gasteiger partial charge in [-0.15, -0.1) is 0 Å². The van der Waals surface area contributed by atoms with E-state index >= 15 is 0 Å². The van der Waals surface area contributed by atoms with Gasteiger partial charge < -0.3 is 20.5 Å². The number of hydrogen-bond donors (Lipinski definition) is 2. The quantitative estimate of drug-likeness (QED) is 0.599. The summed E-state index contributed by atoms with van der Waals surface area (Å²) < 4.78 is 10.5. The Bertz CT molecular complexity index is 941. The molecule has 2 amide bonds. The van der Waals surface area contributed by atoms with Crippen molar-refractivity contribution in [1.82, 2.24) is 10.2 Å². The van der Waals surface area contributed by atoms with Crippen molar-refractivity contribution in [2.45, 2.75) is 32.9 Å². The number of primary amides is 1. The molecule has 3 rings (SSSR count). The van der Waals surface area contributed by atoms with Gasteiger partial charge in [0.15, 0.2) is 18.1 Å². The van der Waals surface area contributed by atoms with Gasteiger partial charge in [-0.25, -0.2) is 0 Å². The maximum absolute atomic E-state index is 12.6. The van der Waals surface area contributed by atoms with E-state index in [4.69, 9.17) is 26.8 Å². The van der Waals surface area contributed by atoms with Crippen LogP contribution in [0.25, 0.3) is 0 Å². The summed E-state index contributed by atoms with van der Waals surface area (Å²) in [6.07, 6.45) is 2.52. The molecule has 0 aromatic heterocycles. The van der Waals surface area contributed by atoms with Crippen molar-refractivity contribution < 1.29 is 19.1 Å². The molecule has 7 nitrogen and oxygen atoms in total. The highest BCUT2D eigenvalue weighted by Crippen LogP contribution is 2.36. The first-order valence-electron chi connectivity index (χ1n) is 10.7. The van der Waals surface area contributed by atoms with Gasteiger partial charge in [0, 0.05) is 18.7 Å². The lowest BCUT2D eigenvalue weighted by Gasteiger charge is -2.30. The van der Waals surface area contributed by atoms with Crippen LogP contribution in [-0.2, 0) is 17.9 Å². The lowest BCUT2D eigenvalue weighted by molar-refractivity contribution is -0.119. The number of carbonyl (C=O) groups excluding carboxylic acids is 2. The van der Waals surface area contributed by atoms with Crippen molar-refractivity contribution in [2.75, 3.05) is 26.8 Å². The predicted molar refractivity (Wildman–Crippen MR) is 124 cm³/mol. The number of hydrogen-bond acceptors (Lipinski definition) is 5. The number of carbonyl (C=O) groups is 2. The van der Waals surface area contributed by atoms with Crippen LogP contribution in [0.5, 0.6) is 11.5 Å². The van der Waals surface area contributed by atoms with Crippen LogP contribution < -0.4 is 20.5 Å². The number of ether oxygens (including phenoxy) is 2. The van der Waals surface area contributed by atoms with Crippen molar-refractivity contribution in [2.24, 2.45) is 11.7 Å². The highest BCUT2D eigenvalue weighted by Gasteiger charge is 2.17. The Morgan fingerprint density at radius 2 is 1.81 bits per heavy atom. The number of nitrogens with one attached hydrogen (secondary N) is 1. The van der Waals surface area contributed by atoms with Crippen LogP contribution in [-0.4, -0.2) is 43.5 Å². The third-order valence-electron chi connectivity index (χ3n) is 5.61. The standard InChI is InChI=1S/C24H30ClN3O4/c1-16-7-9-28(10-8-16)14-18-5-3-17(4-6-18)13-27-24(30)19-11-20(25)23(21(12-19)31-2)32-15-22(26)29/h3-6,11-12,16H,7-10,13-15H2,1-2H3,(H2,26,29)(H,27,30). The second-order valence-electron chi connectivity index (χ2n) is 8.20. The average molecular weight is 460 g/mol. The number of piperidine rings is 1. The normalized spacial score (nSPS) is 14.7. The summed E-state index contributed by atoms with van der Waals surface area (Å²) in [4.78, 5) is 26.1. The van der Waals surface area contributed by atoms with E-state index in [1.807, 2.05) is 12.1 Å². The monoisotopic (exact) mass is 459 g/mol. The first-order valence-corrected chi connectivity index (χ1v) is 11.1. The van der Waals surface area contributed by atoms with Gasteiger partial charge in [0.05, 0.1) is 12.1 Å². The molecule has 0 saturated carbocycles. The molecule has 1 aliphatic rings. The fourth-order valence-corrected chi connectivity index (χ4v) is 3.92. The van der Waals surface area contributed by atoms with E-state index in [9.17, 15) is 9.59 Å². The van der Waals surface area contributed by atoms with E-state index < -0.39 is 5.91 Å². The minimum atomic E-state index is -0.638. The average Bonchev–Trinajstić information content (AvgIpc) is 2.78. The third-order valence-corrected chi connectivity index (χ3v) is 5.89. The first kappa shape index (κ1) is 23.9. The Morgan fingerprint density at radius 1 is 1.16 bits per heavy atom. The van der Waals surface area contributed by atoms with Crippen LogP contribution in [0.15, 0.2) is 36.4 Å². The Morgan fingerprint density at radius 3 is 2.44 bits per heavy atom. The molecule has 2 aromatic carbocycles. The molecule has 8 heteroatoms. The van der Waals surface area contributed by atoms with Crippen LogP contribution in [0.2, 0.25) is 5.02 Å². The molecule has 0 unspecified atom stereocenters. The van der Waals surface area contributed by atoms with E-state index in [-0.39, 0.29) is 29.0 Å². The lowest BCUT2D eigenvalue weighted by atomic mass is 9.99. The fraction of sp³-hybridized carbons (Fsp3) is 0.417. The number of halogens is 1. The van der Waals surface area contributed by atoms with Crippen molar-refractivity contribution in [3.05, 3.63) is 58.1 Å². The predicted octanol–water partition coefficient (Wildman–Crippen LogP) is 3.37. The largest absolute Gasteiger partial charge is 0.493 e. The summed E-state index contributed by atoms with van der Waals surface area (Å²) in [5.74, 6) is 0.314. The van der Waals surface area contributed by atoms with Gasteiger partial charge in [-0.05, 0) is 55.1 Å². The number of amides is 2. The lowest BCUT2D eigenvalue weighted by Crippen LogP contribution is -2.32. The van der Waals surface area contributed by atoms with Crippen LogP contribution in [0.1, 0.15) is 41.3 Å². The van der Waals surface area contributed by atoms with Crippen LogP contribution >= 0.6 is 11.6 Å². The molecule has 0 atom stereocenters. The van der Waals surface area contributed by atoms with Gasteiger partial charge in [0.2, 0.25) is 0 Å². The van der Waals surface area contributed by atoms with Gasteiger partial charge in [-0.2, -0.15) is 0 Å². The molecule has 1 fully saturated rings. The summed E-state index contributed by atoms with van der Waals surface area (Å²) in [5.41, 5.74) is 7.71. The zero-order valence-corrected chi connectivity index (χ0v) is 19.3. The van der Waals surface area contributed by atoms with E-state index in [0.717, 1.165) is 31.1 Å². The third kappa shape index (κ3) is 6.61. The zero-order chi connectivity index (χ0) is 23.1. The first-order chi connectivity index (χ1) is 15.4. The maximum atomic E-state index is 12.6. The molecule has 3 N–H and O–H groups in total. The maximum Gasteiger partial charge on any atom is 0.255 e. The minimum Gasteiger partial charge on any atom is -0.493 e. The van der Waals surface area contributed by atoms with E-state index in [2.05, 4.69) is 29.3 Å². The van der Waals surface area contributed by atoms with E-state index in [1.54, 1.807) is 0 Å². The van der Waals surface area contributed by atoms with Gasteiger partial charge in [-0.3, -0.25) is 14.5 Å². The Hall–Kier alpha value is -2.77. The molecule has 1 heterocycles. The number of methoxy groups -OCH3 is 1. The Kier molecular flexibility index (Phi) is 8.36. The van der Waals surface area contributed by atoms with Crippen LogP contribution in [0.4, 0.5) is 0 Å². The number of rotatable bonds is 9. The summed E-state index contributed by atoms with van der Waals surface area (Å²) >= 11 is 6.22. The van der Waals surface area contributed by atoms with Gasteiger partial charge in [0.25, 0.3) is 11.8 Å². The number of nitrogens with zero attached hydrogens (tertiary/aromatic N) is 1. The van der Waals surface area contributed by atoms with E-state index in [1.165, 1.54) is 37.6 Å². The zero-order valence-electron chi connectivity index (χ0n) is 18.5. The Labute approximate surface area is 193 Å². The number of benzene rings is 2. The molecule has 0 aliphatic carbocycles. The molecule has 172 valence electrons. The molecular weight excluding hydrogens is 430 g/mol. The smallest absolute Gasteiger partial charge is 0.255 e. The van der Waals surface area contributed by atoms with Crippen molar-refractivity contribution in [3.8, 4) is 11.5 Å². The van der Waals surface area contributed by atoms with Crippen LogP contribution in [0.3, 0.4) is 0 Å². The van der Waals surface area contributed by atoms with Gasteiger partial charge >= 0.3 is 0 Å². The highest BCUT2D eigenvalue weighted by molar-refractivity contribution is 6.32. The molecule has 0 bridgehead atoms. The van der Waals surface area contributed by atoms with E-state index in [0.29, 0.717) is 12.1 Å². The Balaban J connectivity index is 1.56. The fourth-order valence-electron chi connectivity index (χ4n) is 3.66. The number of likely N-dealkylation sites (tertiary alicyclic amines) is 1. The number of nitrogens with two attached hydrogens (primary N) is 1. The SMILES string of the molecule is COc1cc(C(=O)NCc2ccc(CN3CCC(C)CC3)cc2)cc(Cl)c1OCC(N)=O. The summed E-state index contributed by atoms with van der Waals surface area (Å²) in [5, 5.41) is 3.05. The second kappa shape index (κ2) is 11.2. The summed E-state index contributed by atoms with van der Waals surface area (Å²) in [6.45, 7) is 5.63. The molecule has 32 heavy (non-hydrogen) atoms.